The van der Waals surface area contributed by atoms with Gasteiger partial charge in [0.25, 0.3) is 0 Å². The molecule has 0 unspecified atom stereocenters. The van der Waals surface area contributed by atoms with Crippen LogP contribution in [0, 0.1) is 6.07 Å². The van der Waals surface area contributed by atoms with Gasteiger partial charge in [-0.1, -0.05) is 42.5 Å². The summed E-state index contributed by atoms with van der Waals surface area (Å²) in [4.78, 5) is 1.12. The second-order valence-corrected chi connectivity index (χ2v) is 4.19. The third-order valence-corrected chi connectivity index (χ3v) is 2.99. The molecule has 1 radical (unpaired) electrons. The highest BCUT2D eigenvalue weighted by atomic mass is 32.2. The molecule has 0 aliphatic carbocycles. The smallest absolute Gasteiger partial charge is 0.141 e. The molecule has 0 fully saturated rings. The SMILES string of the molecule is CSc1ccc[c]c1OCc1ccccc1. The fourth-order valence-electron chi connectivity index (χ4n) is 1.41. The van der Waals surface area contributed by atoms with Gasteiger partial charge in [0.2, 0.25) is 0 Å². The van der Waals surface area contributed by atoms with Crippen LogP contribution < -0.4 is 4.74 Å². The van der Waals surface area contributed by atoms with E-state index in [1.165, 1.54) is 5.56 Å². The van der Waals surface area contributed by atoms with Gasteiger partial charge in [0.1, 0.15) is 12.4 Å². The molecule has 16 heavy (non-hydrogen) atoms. The molecule has 0 amide bonds. The predicted molar refractivity (Wildman–Crippen MR) is 67.8 cm³/mol. The lowest BCUT2D eigenvalue weighted by Gasteiger charge is -2.09. The zero-order chi connectivity index (χ0) is 11.2. The lowest BCUT2D eigenvalue weighted by atomic mass is 10.2. The Bertz CT molecular complexity index is 439. The number of para-hydroxylation sites is 1. The molecule has 2 aromatic carbocycles. The number of benzene rings is 2. The first kappa shape index (κ1) is 11.1. The molecule has 81 valence electrons. The highest BCUT2D eigenvalue weighted by Gasteiger charge is 2.01. The van der Waals surface area contributed by atoms with Crippen molar-refractivity contribution in [3.05, 3.63) is 60.2 Å². The van der Waals surface area contributed by atoms with Gasteiger partial charge in [0, 0.05) is 11.0 Å². The monoisotopic (exact) mass is 229 g/mol. The third-order valence-electron chi connectivity index (χ3n) is 2.23. The summed E-state index contributed by atoms with van der Waals surface area (Å²) in [5.74, 6) is 0.832. The van der Waals surface area contributed by atoms with E-state index in [9.17, 15) is 0 Å². The second kappa shape index (κ2) is 5.61. The Morgan fingerprint density at radius 2 is 1.94 bits per heavy atom. The van der Waals surface area contributed by atoms with Crippen LogP contribution in [0.3, 0.4) is 0 Å². The second-order valence-electron chi connectivity index (χ2n) is 3.34. The Balaban J connectivity index is 2.05. The van der Waals surface area contributed by atoms with E-state index < -0.39 is 0 Å². The zero-order valence-electron chi connectivity index (χ0n) is 9.14. The molecule has 0 aliphatic heterocycles. The predicted octanol–water partition coefficient (Wildman–Crippen LogP) is 3.79. The molecule has 0 saturated carbocycles. The van der Waals surface area contributed by atoms with E-state index in [0.29, 0.717) is 6.61 Å². The molecule has 0 saturated heterocycles. The molecule has 1 nitrogen and oxygen atoms in total. The number of hydrogen-bond donors (Lipinski definition) is 0. The standard InChI is InChI=1S/C14H13OS/c1-16-14-10-6-5-9-13(14)15-11-12-7-3-2-4-8-12/h2-8,10H,11H2,1H3. The van der Waals surface area contributed by atoms with Crippen molar-refractivity contribution in [2.45, 2.75) is 11.5 Å². The van der Waals surface area contributed by atoms with Gasteiger partial charge in [-0.25, -0.2) is 0 Å². The summed E-state index contributed by atoms with van der Waals surface area (Å²) >= 11 is 1.67. The minimum Gasteiger partial charge on any atom is -0.487 e. The first-order chi connectivity index (χ1) is 7.90. The summed E-state index contributed by atoms with van der Waals surface area (Å²) in [7, 11) is 0. The first-order valence-corrected chi connectivity index (χ1v) is 6.34. The van der Waals surface area contributed by atoms with Gasteiger partial charge in [-0.3, -0.25) is 0 Å². The molecular formula is C14H13OS. The van der Waals surface area contributed by atoms with E-state index >= 15 is 0 Å². The zero-order valence-corrected chi connectivity index (χ0v) is 9.96. The molecule has 2 rings (SSSR count). The van der Waals surface area contributed by atoms with Crippen molar-refractivity contribution >= 4 is 11.8 Å². The lowest BCUT2D eigenvalue weighted by molar-refractivity contribution is 0.298. The van der Waals surface area contributed by atoms with E-state index in [1.54, 1.807) is 11.8 Å². The van der Waals surface area contributed by atoms with Crippen molar-refractivity contribution in [3.8, 4) is 5.75 Å². The maximum Gasteiger partial charge on any atom is 0.141 e. The van der Waals surface area contributed by atoms with E-state index in [4.69, 9.17) is 4.74 Å². The fraction of sp³-hybridized carbons (Fsp3) is 0.143. The average molecular weight is 229 g/mol. The van der Waals surface area contributed by atoms with Crippen LogP contribution in [0.25, 0.3) is 0 Å². The minimum atomic E-state index is 0.592. The number of rotatable bonds is 4. The Morgan fingerprint density at radius 1 is 1.12 bits per heavy atom. The molecule has 0 aliphatic rings. The molecule has 0 N–H and O–H groups in total. The van der Waals surface area contributed by atoms with E-state index in [-0.39, 0.29) is 0 Å². The Morgan fingerprint density at radius 3 is 2.69 bits per heavy atom. The van der Waals surface area contributed by atoms with Crippen LogP contribution in [0.1, 0.15) is 5.56 Å². The Hall–Kier alpha value is -1.41. The largest absolute Gasteiger partial charge is 0.487 e. The quantitative estimate of drug-likeness (QED) is 0.738. The molecular weight excluding hydrogens is 216 g/mol. The van der Waals surface area contributed by atoms with Crippen molar-refractivity contribution in [1.29, 1.82) is 0 Å². The van der Waals surface area contributed by atoms with Crippen molar-refractivity contribution in [2.24, 2.45) is 0 Å². The van der Waals surface area contributed by atoms with Gasteiger partial charge in [0.15, 0.2) is 0 Å². The summed E-state index contributed by atoms with van der Waals surface area (Å²) in [5.41, 5.74) is 1.17. The summed E-state index contributed by atoms with van der Waals surface area (Å²) in [6.07, 6.45) is 2.04. The highest BCUT2D eigenvalue weighted by Crippen LogP contribution is 2.26. The van der Waals surface area contributed by atoms with Gasteiger partial charge >= 0.3 is 0 Å². The van der Waals surface area contributed by atoms with E-state index in [0.717, 1.165) is 10.6 Å². The maximum absolute atomic E-state index is 5.74. The van der Waals surface area contributed by atoms with Crippen LogP contribution in [-0.2, 0) is 6.61 Å². The van der Waals surface area contributed by atoms with Crippen molar-refractivity contribution in [2.75, 3.05) is 6.26 Å². The van der Waals surface area contributed by atoms with Gasteiger partial charge in [0.05, 0.1) is 0 Å². The van der Waals surface area contributed by atoms with Crippen LogP contribution in [0.4, 0.5) is 0 Å². The summed E-state index contributed by atoms with van der Waals surface area (Å²) in [6, 6.07) is 19.2. The topological polar surface area (TPSA) is 9.23 Å². The minimum absolute atomic E-state index is 0.592. The van der Waals surface area contributed by atoms with Gasteiger partial charge in [-0.15, -0.1) is 11.8 Å². The molecule has 2 aromatic rings. The molecule has 0 heterocycles. The number of hydrogen-bond acceptors (Lipinski definition) is 2. The molecule has 0 aromatic heterocycles. The maximum atomic E-state index is 5.74. The summed E-state index contributed by atoms with van der Waals surface area (Å²) in [6.45, 7) is 0.592. The first-order valence-electron chi connectivity index (χ1n) is 5.11. The summed E-state index contributed by atoms with van der Waals surface area (Å²) in [5, 5.41) is 0. The third kappa shape index (κ3) is 2.80. The molecule has 0 bridgehead atoms. The summed E-state index contributed by atoms with van der Waals surface area (Å²) < 4.78 is 5.74. The molecule has 2 heteroatoms. The van der Waals surface area contributed by atoms with Crippen molar-refractivity contribution in [3.63, 3.8) is 0 Å². The van der Waals surface area contributed by atoms with Gasteiger partial charge in [-0.2, -0.15) is 0 Å². The van der Waals surface area contributed by atoms with Crippen LogP contribution >= 0.6 is 11.8 Å². The fourth-order valence-corrected chi connectivity index (χ4v) is 1.93. The van der Waals surface area contributed by atoms with E-state index in [1.807, 2.05) is 42.7 Å². The van der Waals surface area contributed by atoms with Crippen LogP contribution in [0.5, 0.6) is 5.75 Å². The van der Waals surface area contributed by atoms with Crippen molar-refractivity contribution < 1.29 is 4.74 Å². The number of ether oxygens (including phenoxy) is 1. The Labute approximate surface area is 100 Å². The molecule has 0 spiro atoms. The molecule has 0 atom stereocenters. The van der Waals surface area contributed by atoms with Gasteiger partial charge < -0.3 is 4.74 Å². The van der Waals surface area contributed by atoms with E-state index in [2.05, 4.69) is 18.2 Å². The number of thioether (sulfide) groups is 1. The van der Waals surface area contributed by atoms with Crippen LogP contribution in [0.15, 0.2) is 53.4 Å². The van der Waals surface area contributed by atoms with Crippen LogP contribution in [0.2, 0.25) is 0 Å². The normalized spacial score (nSPS) is 10.1. The highest BCUT2D eigenvalue weighted by molar-refractivity contribution is 7.98. The Kier molecular flexibility index (Phi) is 3.89. The van der Waals surface area contributed by atoms with Crippen LogP contribution in [-0.4, -0.2) is 6.26 Å². The van der Waals surface area contributed by atoms with Gasteiger partial charge in [-0.05, 0) is 17.9 Å². The van der Waals surface area contributed by atoms with Crippen molar-refractivity contribution in [1.82, 2.24) is 0 Å². The average Bonchev–Trinajstić information content (AvgIpc) is 2.38. The lowest BCUT2D eigenvalue weighted by Crippen LogP contribution is -1.96.